The monoisotopic (exact) mass is 943 g/mol. The molecule has 2 bridgehead atoms. The minimum Gasteiger partial charge on any atom is -0.396 e. The van der Waals surface area contributed by atoms with E-state index in [-0.39, 0.29) is 51.4 Å². The van der Waals surface area contributed by atoms with Gasteiger partial charge < -0.3 is 89.3 Å². The minimum atomic E-state index is -1.82. The Kier molecular flexibility index (Phi) is 12.9. The normalized spacial score (nSPS) is 58.8. The molecule has 11 N–H and O–H groups in total. The van der Waals surface area contributed by atoms with Crippen molar-refractivity contribution in [1.29, 1.82) is 0 Å². The Hall–Kier alpha value is -0.980. The third-order valence-corrected chi connectivity index (χ3v) is 20.0. The van der Waals surface area contributed by atoms with Gasteiger partial charge in [-0.2, -0.15) is 0 Å². The second-order valence-electron chi connectivity index (χ2n) is 23.8. The molecule has 9 unspecified atom stereocenters. The summed E-state index contributed by atoms with van der Waals surface area (Å²) in [6.07, 6.45) is -13.1. The fourth-order valence-corrected chi connectivity index (χ4v) is 15.7. The van der Waals surface area contributed by atoms with Crippen molar-refractivity contribution < 1.29 is 89.3 Å². The summed E-state index contributed by atoms with van der Waals surface area (Å²) in [6, 6.07) is 0. The average molecular weight is 943 g/mol. The van der Waals surface area contributed by atoms with Gasteiger partial charge in [0.25, 0.3) is 0 Å². The van der Waals surface area contributed by atoms with E-state index in [2.05, 4.69) is 46.8 Å². The molecule has 18 nitrogen and oxygen atoms in total. The average Bonchev–Trinajstić information content (AvgIpc) is 3.55. The number of aliphatic hydroxyl groups excluding tert-OH is 11. The van der Waals surface area contributed by atoms with E-state index < -0.39 is 129 Å². The minimum absolute atomic E-state index is 0.0353. The summed E-state index contributed by atoms with van der Waals surface area (Å²) in [5.74, 6) is 0.278. The molecule has 0 aromatic heterocycles. The number of fused-ring (bicyclic) bond motifs is 4. The number of hydrogen-bond donors (Lipinski definition) is 11. The molecule has 5 aliphatic carbocycles. The van der Waals surface area contributed by atoms with Crippen molar-refractivity contribution in [1.82, 2.24) is 0 Å². The quantitative estimate of drug-likeness (QED) is 0.104. The van der Waals surface area contributed by atoms with Gasteiger partial charge in [-0.1, -0.05) is 53.7 Å². The zero-order chi connectivity index (χ0) is 47.9. The summed E-state index contributed by atoms with van der Waals surface area (Å²) in [5.41, 5.74) is -2.27. The van der Waals surface area contributed by atoms with Crippen molar-refractivity contribution in [3.63, 3.8) is 0 Å². The van der Waals surface area contributed by atoms with Crippen LogP contribution in [-0.4, -0.2) is 193 Å². The molecule has 0 aromatic rings. The predicted octanol–water partition coefficient (Wildman–Crippen LogP) is -0.399. The number of allylic oxidation sites excluding steroid dienone is 1. The molecule has 26 atom stereocenters. The van der Waals surface area contributed by atoms with Crippen molar-refractivity contribution in [2.75, 3.05) is 26.4 Å². The third kappa shape index (κ3) is 7.08. The second-order valence-corrected chi connectivity index (χ2v) is 23.8. The van der Waals surface area contributed by atoms with Crippen LogP contribution >= 0.6 is 0 Å². The molecule has 0 aromatic carbocycles. The fourth-order valence-electron chi connectivity index (χ4n) is 15.7. The Morgan fingerprint density at radius 2 is 1.29 bits per heavy atom. The van der Waals surface area contributed by atoms with Crippen LogP contribution < -0.4 is 0 Å². The molecule has 0 amide bonds. The lowest BCUT2D eigenvalue weighted by Gasteiger charge is -2.73. The van der Waals surface area contributed by atoms with Gasteiger partial charge in [0, 0.05) is 22.2 Å². The lowest BCUT2D eigenvalue weighted by atomic mass is 9.32. The van der Waals surface area contributed by atoms with Crippen LogP contribution in [-0.2, 0) is 33.2 Å². The molecule has 18 heteroatoms. The van der Waals surface area contributed by atoms with Gasteiger partial charge in [0.15, 0.2) is 18.9 Å². The number of ether oxygens (including phenoxy) is 7. The van der Waals surface area contributed by atoms with Gasteiger partial charge in [-0.25, -0.2) is 0 Å². The zero-order valence-electron chi connectivity index (χ0n) is 39.5. The van der Waals surface area contributed by atoms with Crippen molar-refractivity contribution in [2.45, 2.75) is 210 Å². The van der Waals surface area contributed by atoms with Crippen molar-refractivity contribution in [2.24, 2.45) is 50.2 Å². The van der Waals surface area contributed by atoms with Crippen LogP contribution in [0.3, 0.4) is 0 Å². The number of aliphatic hydroxyl groups is 11. The van der Waals surface area contributed by atoms with Crippen molar-refractivity contribution in [3.05, 3.63) is 12.2 Å². The van der Waals surface area contributed by atoms with Gasteiger partial charge in [-0.15, -0.1) is 0 Å². The summed E-state index contributed by atoms with van der Waals surface area (Å²) in [4.78, 5) is 0. The molecule has 8 fully saturated rings. The van der Waals surface area contributed by atoms with Crippen LogP contribution in [0.4, 0.5) is 0 Å². The summed E-state index contributed by atoms with van der Waals surface area (Å²) in [7, 11) is 0. The summed E-state index contributed by atoms with van der Waals surface area (Å²) >= 11 is 0. The Bertz CT molecular complexity index is 1800. The van der Waals surface area contributed by atoms with Crippen LogP contribution in [0.5, 0.6) is 0 Å². The van der Waals surface area contributed by atoms with E-state index in [1.54, 1.807) is 0 Å². The van der Waals surface area contributed by atoms with Gasteiger partial charge in [0.1, 0.15) is 67.1 Å². The van der Waals surface area contributed by atoms with Gasteiger partial charge in [-0.3, -0.25) is 0 Å². The highest BCUT2D eigenvalue weighted by molar-refractivity contribution is 5.36. The highest BCUT2D eigenvalue weighted by Gasteiger charge is 2.79. The highest BCUT2D eigenvalue weighted by Crippen LogP contribution is 2.79. The van der Waals surface area contributed by atoms with Gasteiger partial charge in [0.05, 0.1) is 50.3 Å². The molecule has 378 valence electrons. The summed E-state index contributed by atoms with van der Waals surface area (Å²) < 4.78 is 42.5. The standard InChI is InChI=1S/C48H78O18/c1-22-30(52)32(54)35(57)40(62-22)66-38-23(18-49)63-39(37(59)34(38)56)60-19-24-31(53)33(55)36(58)41(64-24)65-29-10-11-43(4)25(44(29,5)20-50)8-12-45(6)26(43)9-13-48-27-16-42(2,3)14-15-47(27,21-61-48)28(51)17-46(45,48)7/h9,13,22-41,49-59H,8,10-12,14-21H2,1-7H3/t22-,23-,24+,25?,26?,27?,28-,29-,30-,31+,32+,33+,34-,35+,36?,37-,38+,39+,40+,41+,43?,44-,45?,46?,47?,48?/m0/s1. The Balaban J connectivity index is 0.888. The first kappa shape index (κ1) is 50.0. The summed E-state index contributed by atoms with van der Waals surface area (Å²) in [6.45, 7) is 14.3. The molecule has 1 spiro atoms. The molecule has 0 radical (unpaired) electrons. The first-order valence-electron chi connectivity index (χ1n) is 24.5. The maximum absolute atomic E-state index is 12.2. The van der Waals surface area contributed by atoms with Gasteiger partial charge >= 0.3 is 0 Å². The topological polar surface area (TPSA) is 287 Å². The van der Waals surface area contributed by atoms with Crippen LogP contribution in [0, 0.1) is 50.2 Å². The van der Waals surface area contributed by atoms with E-state index in [9.17, 15) is 56.2 Å². The van der Waals surface area contributed by atoms with Gasteiger partial charge in [0.2, 0.25) is 0 Å². The van der Waals surface area contributed by atoms with Gasteiger partial charge in [-0.05, 0) is 86.4 Å². The van der Waals surface area contributed by atoms with Crippen LogP contribution in [0.1, 0.15) is 99.8 Å². The van der Waals surface area contributed by atoms with Crippen molar-refractivity contribution >= 4 is 0 Å². The fraction of sp³-hybridized carbons (Fsp3) is 0.958. The smallest absolute Gasteiger partial charge is 0.187 e. The Morgan fingerprint density at radius 1 is 0.636 bits per heavy atom. The largest absolute Gasteiger partial charge is 0.396 e. The van der Waals surface area contributed by atoms with E-state index in [1.165, 1.54) is 6.92 Å². The number of hydrogen-bond acceptors (Lipinski definition) is 18. The first-order valence-corrected chi connectivity index (χ1v) is 24.5. The third-order valence-electron chi connectivity index (χ3n) is 20.0. The maximum Gasteiger partial charge on any atom is 0.187 e. The second kappa shape index (κ2) is 17.1. The SMILES string of the molecule is C[C@@H]1O[C@H](O[C@H]2[C@@H](O)[C@H](O)[C@H](OC[C@H]3O[C@H](O[C@H]4CCC5(C)C6C=CC78OCC9(CCC(C)(C)CC97)[C@@H](O)CC8(C)C6(C)CCC5[C@]4(C)CO)C(O)[C@H](O)[C@@H]3O)O[C@H]2CO)[C@H](O)[C@H](O)[C@H]1O. The Morgan fingerprint density at radius 3 is 1.97 bits per heavy atom. The number of rotatable bonds is 9. The molecule has 4 aliphatic heterocycles. The van der Waals surface area contributed by atoms with E-state index in [1.807, 2.05) is 6.92 Å². The van der Waals surface area contributed by atoms with Crippen LogP contribution in [0.15, 0.2) is 12.2 Å². The lowest BCUT2D eigenvalue weighted by molar-refractivity contribution is -0.365. The van der Waals surface area contributed by atoms with Crippen molar-refractivity contribution in [3.8, 4) is 0 Å². The molecule has 9 aliphatic rings. The highest BCUT2D eigenvalue weighted by atomic mass is 16.8. The van der Waals surface area contributed by atoms with E-state index in [4.69, 9.17) is 33.2 Å². The molecule has 4 saturated carbocycles. The van der Waals surface area contributed by atoms with Crippen LogP contribution in [0.2, 0.25) is 0 Å². The first-order chi connectivity index (χ1) is 30.9. The molecule has 66 heavy (non-hydrogen) atoms. The van der Waals surface area contributed by atoms with E-state index in [0.29, 0.717) is 19.4 Å². The maximum atomic E-state index is 12.2. The molecular weight excluding hydrogens is 865 g/mol. The molecular formula is C48H78O18. The Labute approximate surface area is 387 Å². The summed E-state index contributed by atoms with van der Waals surface area (Å²) in [5, 5.41) is 120. The predicted molar refractivity (Wildman–Crippen MR) is 229 cm³/mol. The molecule has 9 rings (SSSR count). The molecule has 4 heterocycles. The zero-order valence-corrected chi connectivity index (χ0v) is 39.5. The van der Waals surface area contributed by atoms with Crippen LogP contribution in [0.25, 0.3) is 0 Å². The van der Waals surface area contributed by atoms with E-state index in [0.717, 1.165) is 38.5 Å². The molecule has 4 saturated heterocycles. The lowest BCUT2D eigenvalue weighted by Crippen LogP contribution is -2.72. The van der Waals surface area contributed by atoms with E-state index >= 15 is 0 Å².